The van der Waals surface area contributed by atoms with Crippen LogP contribution in [0.1, 0.15) is 15.9 Å². The van der Waals surface area contributed by atoms with Crippen LogP contribution in [0, 0.1) is 10.1 Å². The SMILES string of the molecule is COc1ccc(CN2CCN(C(=O)CNC(=O)c3cccc([N+](=O)[O-])c3)CC2)cc1. The number of carbonyl (C=O) groups is 2. The van der Waals surface area contributed by atoms with Crippen LogP contribution in [0.2, 0.25) is 0 Å². The van der Waals surface area contributed by atoms with Gasteiger partial charge in [0.1, 0.15) is 5.75 Å². The number of nitro benzene ring substituents is 1. The van der Waals surface area contributed by atoms with Gasteiger partial charge in [-0.3, -0.25) is 24.6 Å². The average Bonchev–Trinajstić information content (AvgIpc) is 2.78. The highest BCUT2D eigenvalue weighted by Crippen LogP contribution is 2.15. The molecular weight excluding hydrogens is 388 g/mol. The van der Waals surface area contributed by atoms with Crippen LogP contribution >= 0.6 is 0 Å². The third kappa shape index (κ3) is 5.54. The van der Waals surface area contributed by atoms with Crippen molar-refractivity contribution in [3.8, 4) is 5.75 Å². The van der Waals surface area contributed by atoms with Crippen molar-refractivity contribution in [2.24, 2.45) is 0 Å². The maximum atomic E-state index is 12.4. The standard InChI is InChI=1S/C21H24N4O5/c1-30-19-7-5-16(6-8-19)15-23-9-11-24(12-10-23)20(26)14-22-21(27)17-3-2-4-18(13-17)25(28)29/h2-8,13H,9-12,14-15H2,1H3,(H,22,27). The summed E-state index contributed by atoms with van der Waals surface area (Å²) in [4.78, 5) is 38.9. The molecule has 30 heavy (non-hydrogen) atoms. The molecule has 1 fully saturated rings. The van der Waals surface area contributed by atoms with Gasteiger partial charge in [0.15, 0.2) is 0 Å². The number of nitrogens with zero attached hydrogens (tertiary/aromatic N) is 3. The van der Waals surface area contributed by atoms with Gasteiger partial charge in [-0.15, -0.1) is 0 Å². The Morgan fingerprint density at radius 2 is 1.80 bits per heavy atom. The molecule has 2 amide bonds. The Balaban J connectivity index is 1.44. The number of non-ortho nitro benzene ring substituents is 1. The molecule has 9 heteroatoms. The lowest BCUT2D eigenvalue weighted by Crippen LogP contribution is -2.50. The van der Waals surface area contributed by atoms with E-state index in [1.807, 2.05) is 24.3 Å². The number of methoxy groups -OCH3 is 1. The highest BCUT2D eigenvalue weighted by atomic mass is 16.6. The molecule has 3 rings (SSSR count). The molecule has 0 spiro atoms. The summed E-state index contributed by atoms with van der Waals surface area (Å²) in [6.07, 6.45) is 0. The van der Waals surface area contributed by atoms with Crippen molar-refractivity contribution in [3.63, 3.8) is 0 Å². The maximum Gasteiger partial charge on any atom is 0.270 e. The Bertz CT molecular complexity index is 908. The Kier molecular flexibility index (Phi) is 6.97. The minimum Gasteiger partial charge on any atom is -0.497 e. The van der Waals surface area contributed by atoms with E-state index in [9.17, 15) is 19.7 Å². The van der Waals surface area contributed by atoms with E-state index in [2.05, 4.69) is 10.2 Å². The van der Waals surface area contributed by atoms with Crippen LogP contribution in [0.15, 0.2) is 48.5 Å². The summed E-state index contributed by atoms with van der Waals surface area (Å²) in [6.45, 7) is 3.33. The lowest BCUT2D eigenvalue weighted by molar-refractivity contribution is -0.384. The van der Waals surface area contributed by atoms with Crippen LogP contribution < -0.4 is 10.1 Å². The van der Waals surface area contributed by atoms with Crippen LogP contribution in [0.25, 0.3) is 0 Å². The van der Waals surface area contributed by atoms with E-state index in [4.69, 9.17) is 4.74 Å². The van der Waals surface area contributed by atoms with Crippen LogP contribution in [0.5, 0.6) is 5.75 Å². The molecule has 0 aromatic heterocycles. The number of nitro groups is 1. The van der Waals surface area contributed by atoms with Crippen LogP contribution in [0.3, 0.4) is 0 Å². The van der Waals surface area contributed by atoms with Gasteiger partial charge in [-0.05, 0) is 23.8 Å². The number of piperazine rings is 1. The Hall–Kier alpha value is -3.46. The van der Waals surface area contributed by atoms with Crippen molar-refractivity contribution in [1.29, 1.82) is 0 Å². The van der Waals surface area contributed by atoms with Crippen molar-refractivity contribution in [2.75, 3.05) is 39.8 Å². The van der Waals surface area contributed by atoms with Crippen molar-refractivity contribution >= 4 is 17.5 Å². The molecule has 158 valence electrons. The minimum atomic E-state index is -0.562. The zero-order valence-corrected chi connectivity index (χ0v) is 16.7. The topological polar surface area (TPSA) is 105 Å². The van der Waals surface area contributed by atoms with E-state index in [1.54, 1.807) is 12.0 Å². The maximum absolute atomic E-state index is 12.4. The number of carbonyl (C=O) groups excluding carboxylic acids is 2. The molecular formula is C21H24N4O5. The summed E-state index contributed by atoms with van der Waals surface area (Å²) in [5.74, 6) is 0.143. The lowest BCUT2D eigenvalue weighted by atomic mass is 10.2. The van der Waals surface area contributed by atoms with Gasteiger partial charge in [-0.1, -0.05) is 18.2 Å². The third-order valence-corrected chi connectivity index (χ3v) is 5.01. The number of nitrogens with one attached hydrogen (secondary N) is 1. The lowest BCUT2D eigenvalue weighted by Gasteiger charge is -2.34. The number of amides is 2. The van der Waals surface area contributed by atoms with Crippen molar-refractivity contribution < 1.29 is 19.2 Å². The molecule has 0 atom stereocenters. The fraction of sp³-hybridized carbons (Fsp3) is 0.333. The summed E-state index contributed by atoms with van der Waals surface area (Å²) >= 11 is 0. The fourth-order valence-electron chi connectivity index (χ4n) is 3.28. The number of ether oxygens (including phenoxy) is 1. The summed E-state index contributed by atoms with van der Waals surface area (Å²) in [6, 6.07) is 13.3. The molecule has 0 aliphatic carbocycles. The molecule has 0 bridgehead atoms. The van der Waals surface area contributed by atoms with Crippen LogP contribution in [-0.2, 0) is 11.3 Å². The zero-order valence-electron chi connectivity index (χ0n) is 16.7. The second kappa shape index (κ2) is 9.84. The molecule has 0 radical (unpaired) electrons. The van der Waals surface area contributed by atoms with Gasteiger partial charge in [0.25, 0.3) is 11.6 Å². The largest absolute Gasteiger partial charge is 0.497 e. The Labute approximate surface area is 174 Å². The fourth-order valence-corrected chi connectivity index (χ4v) is 3.28. The first-order chi connectivity index (χ1) is 14.5. The molecule has 2 aromatic rings. The highest BCUT2D eigenvalue weighted by Gasteiger charge is 2.22. The molecule has 1 aliphatic heterocycles. The average molecular weight is 412 g/mol. The quantitative estimate of drug-likeness (QED) is 0.548. The van der Waals surface area contributed by atoms with Gasteiger partial charge >= 0.3 is 0 Å². The molecule has 1 saturated heterocycles. The molecule has 2 aromatic carbocycles. The monoisotopic (exact) mass is 412 g/mol. The predicted molar refractivity (Wildman–Crippen MR) is 110 cm³/mol. The summed E-state index contributed by atoms with van der Waals surface area (Å²) in [5.41, 5.74) is 1.17. The highest BCUT2D eigenvalue weighted by molar-refractivity contribution is 5.96. The van der Waals surface area contributed by atoms with E-state index >= 15 is 0 Å². The van der Waals surface area contributed by atoms with E-state index < -0.39 is 10.8 Å². The number of hydrogen-bond donors (Lipinski definition) is 1. The predicted octanol–water partition coefficient (Wildman–Crippen LogP) is 1.68. The van der Waals surface area contributed by atoms with Crippen LogP contribution in [-0.4, -0.2) is 66.4 Å². The van der Waals surface area contributed by atoms with E-state index in [0.29, 0.717) is 13.1 Å². The van der Waals surface area contributed by atoms with Gasteiger partial charge in [0.2, 0.25) is 5.91 Å². The third-order valence-electron chi connectivity index (χ3n) is 5.01. The van der Waals surface area contributed by atoms with Gasteiger partial charge in [-0.2, -0.15) is 0 Å². The first kappa shape index (κ1) is 21.3. The molecule has 0 saturated carbocycles. The van der Waals surface area contributed by atoms with Crippen molar-refractivity contribution in [2.45, 2.75) is 6.54 Å². The van der Waals surface area contributed by atoms with Gasteiger partial charge in [0.05, 0.1) is 18.6 Å². The Morgan fingerprint density at radius 3 is 2.43 bits per heavy atom. The molecule has 9 nitrogen and oxygen atoms in total. The van der Waals surface area contributed by atoms with E-state index in [-0.39, 0.29) is 23.7 Å². The van der Waals surface area contributed by atoms with Gasteiger partial charge in [0, 0.05) is 50.4 Å². The second-order valence-corrected chi connectivity index (χ2v) is 7.00. The number of benzene rings is 2. The normalized spacial score (nSPS) is 14.2. The Morgan fingerprint density at radius 1 is 1.10 bits per heavy atom. The summed E-state index contributed by atoms with van der Waals surface area (Å²) in [5, 5.41) is 13.4. The number of rotatable bonds is 7. The first-order valence-electron chi connectivity index (χ1n) is 9.62. The smallest absolute Gasteiger partial charge is 0.270 e. The molecule has 0 unspecified atom stereocenters. The van der Waals surface area contributed by atoms with E-state index in [0.717, 1.165) is 25.4 Å². The summed E-state index contributed by atoms with van der Waals surface area (Å²) in [7, 11) is 1.64. The number of hydrogen-bond acceptors (Lipinski definition) is 6. The summed E-state index contributed by atoms with van der Waals surface area (Å²) < 4.78 is 5.17. The molecule has 1 N–H and O–H groups in total. The minimum absolute atomic E-state index is 0.139. The van der Waals surface area contributed by atoms with Crippen LogP contribution in [0.4, 0.5) is 5.69 Å². The van der Waals surface area contributed by atoms with Crippen molar-refractivity contribution in [3.05, 3.63) is 69.8 Å². The molecule has 1 heterocycles. The second-order valence-electron chi connectivity index (χ2n) is 7.00. The zero-order chi connectivity index (χ0) is 21.5. The van der Waals surface area contributed by atoms with Gasteiger partial charge < -0.3 is 15.0 Å². The first-order valence-corrected chi connectivity index (χ1v) is 9.62. The molecule has 1 aliphatic rings. The van der Waals surface area contributed by atoms with E-state index in [1.165, 1.54) is 29.8 Å². The van der Waals surface area contributed by atoms with Gasteiger partial charge in [-0.25, -0.2) is 0 Å². The van der Waals surface area contributed by atoms with Crippen molar-refractivity contribution in [1.82, 2.24) is 15.1 Å².